The molecular weight excluding hydrogens is 394 g/mol. The molecule has 1 N–H and O–H groups in total. The standard InChI is InChI=1S/C20H21N3O3S2/c1-14-4-2-3-11-23(14)28(25,26)17-8-5-15(6-9-17)20(24)22-16-7-10-18-19(12-16)27-13-21-18/h5-10,12-14H,2-4,11H2,1H3,(H,22,24). The van der Waals surface area contributed by atoms with Gasteiger partial charge in [0.15, 0.2) is 0 Å². The molecule has 28 heavy (non-hydrogen) atoms. The van der Waals surface area contributed by atoms with Crippen molar-refractivity contribution in [2.24, 2.45) is 0 Å². The van der Waals surface area contributed by atoms with Crippen LogP contribution in [0.4, 0.5) is 5.69 Å². The normalized spacial score (nSPS) is 18.2. The van der Waals surface area contributed by atoms with Crippen molar-refractivity contribution in [2.75, 3.05) is 11.9 Å². The Morgan fingerprint density at radius 1 is 1.18 bits per heavy atom. The molecule has 1 aliphatic rings. The number of thiazole rings is 1. The van der Waals surface area contributed by atoms with Crippen molar-refractivity contribution in [3.63, 3.8) is 0 Å². The van der Waals surface area contributed by atoms with Crippen molar-refractivity contribution in [3.8, 4) is 0 Å². The van der Waals surface area contributed by atoms with E-state index in [0.29, 0.717) is 17.8 Å². The minimum absolute atomic E-state index is 0.00313. The number of hydrogen-bond donors (Lipinski definition) is 1. The first-order chi connectivity index (χ1) is 13.4. The lowest BCUT2D eigenvalue weighted by Gasteiger charge is -2.32. The maximum Gasteiger partial charge on any atom is 0.255 e. The van der Waals surface area contributed by atoms with Gasteiger partial charge in [0.05, 0.1) is 20.6 Å². The maximum atomic E-state index is 12.9. The summed E-state index contributed by atoms with van der Waals surface area (Å²) in [6.45, 7) is 2.49. The first-order valence-electron chi connectivity index (χ1n) is 9.22. The minimum Gasteiger partial charge on any atom is -0.322 e. The Kier molecular flexibility index (Phi) is 5.18. The molecule has 3 aromatic rings. The maximum absolute atomic E-state index is 12.9. The summed E-state index contributed by atoms with van der Waals surface area (Å²) in [6.07, 6.45) is 2.82. The van der Waals surface area contributed by atoms with Crippen LogP contribution in [0.15, 0.2) is 52.9 Å². The molecule has 1 saturated heterocycles. The van der Waals surface area contributed by atoms with E-state index < -0.39 is 10.0 Å². The van der Waals surface area contributed by atoms with Gasteiger partial charge in [-0.25, -0.2) is 13.4 Å². The number of carbonyl (C=O) groups excluding carboxylic acids is 1. The number of sulfonamides is 1. The summed E-state index contributed by atoms with van der Waals surface area (Å²) in [4.78, 5) is 17.0. The lowest BCUT2D eigenvalue weighted by Crippen LogP contribution is -2.41. The topological polar surface area (TPSA) is 79.4 Å². The van der Waals surface area contributed by atoms with E-state index in [1.807, 2.05) is 19.1 Å². The third kappa shape index (κ3) is 3.67. The minimum atomic E-state index is -3.53. The summed E-state index contributed by atoms with van der Waals surface area (Å²) >= 11 is 1.51. The van der Waals surface area contributed by atoms with Crippen LogP contribution in [0.25, 0.3) is 10.2 Å². The zero-order chi connectivity index (χ0) is 19.7. The van der Waals surface area contributed by atoms with Gasteiger partial charge in [0.2, 0.25) is 10.0 Å². The van der Waals surface area contributed by atoms with E-state index in [4.69, 9.17) is 0 Å². The predicted octanol–water partition coefficient (Wildman–Crippen LogP) is 4.11. The highest BCUT2D eigenvalue weighted by atomic mass is 32.2. The van der Waals surface area contributed by atoms with Crippen molar-refractivity contribution in [3.05, 3.63) is 53.5 Å². The number of hydrogen-bond acceptors (Lipinski definition) is 5. The molecule has 4 rings (SSSR count). The number of nitrogens with zero attached hydrogens (tertiary/aromatic N) is 2. The smallest absolute Gasteiger partial charge is 0.255 e. The number of anilines is 1. The van der Waals surface area contributed by atoms with Gasteiger partial charge in [-0.05, 0) is 62.2 Å². The van der Waals surface area contributed by atoms with Gasteiger partial charge in [-0.15, -0.1) is 11.3 Å². The predicted molar refractivity (Wildman–Crippen MR) is 111 cm³/mol. The number of fused-ring (bicyclic) bond motifs is 1. The van der Waals surface area contributed by atoms with E-state index in [9.17, 15) is 13.2 Å². The molecule has 0 saturated carbocycles. The van der Waals surface area contributed by atoms with E-state index >= 15 is 0 Å². The molecule has 2 heterocycles. The second-order valence-corrected chi connectivity index (χ2v) is 9.75. The van der Waals surface area contributed by atoms with Gasteiger partial charge in [0.1, 0.15) is 0 Å². The van der Waals surface area contributed by atoms with Gasteiger partial charge in [-0.3, -0.25) is 4.79 Å². The average Bonchev–Trinajstić information content (AvgIpc) is 3.16. The fraction of sp³-hybridized carbons (Fsp3) is 0.300. The van der Waals surface area contributed by atoms with Crippen LogP contribution in [-0.4, -0.2) is 36.2 Å². The highest BCUT2D eigenvalue weighted by molar-refractivity contribution is 7.89. The van der Waals surface area contributed by atoms with Crippen LogP contribution in [0, 0.1) is 0 Å². The second-order valence-electron chi connectivity index (χ2n) is 6.97. The number of piperidine rings is 1. The SMILES string of the molecule is CC1CCCCN1S(=O)(=O)c1ccc(C(=O)Nc2ccc3ncsc3c2)cc1. The number of carbonyl (C=O) groups is 1. The summed E-state index contributed by atoms with van der Waals surface area (Å²) < 4.78 is 28.3. The highest BCUT2D eigenvalue weighted by Crippen LogP contribution is 2.26. The van der Waals surface area contributed by atoms with E-state index in [1.54, 1.807) is 28.0 Å². The average molecular weight is 416 g/mol. The molecule has 0 spiro atoms. The first-order valence-corrected chi connectivity index (χ1v) is 11.5. The second kappa shape index (κ2) is 7.62. The van der Waals surface area contributed by atoms with Crippen LogP contribution < -0.4 is 5.32 Å². The Labute approximate surface area is 168 Å². The molecule has 0 radical (unpaired) electrons. The molecular formula is C20H21N3O3S2. The largest absolute Gasteiger partial charge is 0.322 e. The zero-order valence-corrected chi connectivity index (χ0v) is 17.1. The van der Waals surface area contributed by atoms with Crippen molar-refractivity contribution in [1.82, 2.24) is 9.29 Å². The Bertz CT molecular complexity index is 1110. The molecule has 1 aromatic heterocycles. The molecule has 2 aromatic carbocycles. The quantitative estimate of drug-likeness (QED) is 0.695. The van der Waals surface area contributed by atoms with Crippen LogP contribution in [0.1, 0.15) is 36.5 Å². The summed E-state index contributed by atoms with van der Waals surface area (Å²) in [5, 5.41) is 2.85. The van der Waals surface area contributed by atoms with E-state index in [-0.39, 0.29) is 16.8 Å². The fourth-order valence-corrected chi connectivity index (χ4v) is 5.89. The Morgan fingerprint density at radius 3 is 2.71 bits per heavy atom. The lowest BCUT2D eigenvalue weighted by molar-refractivity contribution is 0.102. The third-order valence-electron chi connectivity index (χ3n) is 5.05. The van der Waals surface area contributed by atoms with E-state index in [2.05, 4.69) is 10.3 Å². The zero-order valence-electron chi connectivity index (χ0n) is 15.5. The highest BCUT2D eigenvalue weighted by Gasteiger charge is 2.30. The number of rotatable bonds is 4. The summed E-state index contributed by atoms with van der Waals surface area (Å²) in [5.74, 6) is -0.279. The third-order valence-corrected chi connectivity index (χ3v) is 7.87. The van der Waals surface area contributed by atoms with Crippen molar-refractivity contribution in [2.45, 2.75) is 37.1 Å². The molecule has 1 fully saturated rings. The van der Waals surface area contributed by atoms with Gasteiger partial charge in [-0.1, -0.05) is 6.42 Å². The van der Waals surface area contributed by atoms with Crippen LogP contribution >= 0.6 is 11.3 Å². The van der Waals surface area contributed by atoms with Crippen LogP contribution in [0.5, 0.6) is 0 Å². The molecule has 1 aliphatic heterocycles. The lowest BCUT2D eigenvalue weighted by atomic mass is 10.1. The summed E-state index contributed by atoms with van der Waals surface area (Å²) in [5.41, 5.74) is 3.75. The molecule has 0 aliphatic carbocycles. The Balaban J connectivity index is 1.51. The Hall–Kier alpha value is -2.29. The molecule has 1 amide bonds. The van der Waals surface area contributed by atoms with Gasteiger partial charge in [0.25, 0.3) is 5.91 Å². The molecule has 8 heteroatoms. The van der Waals surface area contributed by atoms with Gasteiger partial charge in [0, 0.05) is 23.8 Å². The number of aromatic nitrogens is 1. The molecule has 0 bridgehead atoms. The Morgan fingerprint density at radius 2 is 1.96 bits per heavy atom. The number of amides is 1. The van der Waals surface area contributed by atoms with Gasteiger partial charge >= 0.3 is 0 Å². The van der Waals surface area contributed by atoms with E-state index in [1.165, 1.54) is 23.5 Å². The van der Waals surface area contributed by atoms with Crippen LogP contribution in [-0.2, 0) is 10.0 Å². The molecule has 6 nitrogen and oxygen atoms in total. The van der Waals surface area contributed by atoms with E-state index in [0.717, 1.165) is 29.5 Å². The van der Waals surface area contributed by atoms with Crippen LogP contribution in [0.2, 0.25) is 0 Å². The molecule has 1 unspecified atom stereocenters. The molecule has 146 valence electrons. The van der Waals surface area contributed by atoms with Crippen molar-refractivity contribution in [1.29, 1.82) is 0 Å². The van der Waals surface area contributed by atoms with Crippen LogP contribution in [0.3, 0.4) is 0 Å². The van der Waals surface area contributed by atoms with Gasteiger partial charge < -0.3 is 5.32 Å². The number of nitrogens with one attached hydrogen (secondary N) is 1. The van der Waals surface area contributed by atoms with Gasteiger partial charge in [-0.2, -0.15) is 4.31 Å². The summed E-state index contributed by atoms with van der Waals surface area (Å²) in [7, 11) is -3.53. The molecule has 1 atom stereocenters. The monoisotopic (exact) mass is 415 g/mol. The summed E-state index contributed by atoms with van der Waals surface area (Å²) in [6, 6.07) is 11.7. The first kappa shape index (κ1) is 19.0. The number of benzene rings is 2. The van der Waals surface area contributed by atoms with Crippen molar-refractivity contribution < 1.29 is 13.2 Å². The fourth-order valence-electron chi connectivity index (χ4n) is 3.48. The van der Waals surface area contributed by atoms with Crippen molar-refractivity contribution >= 4 is 43.2 Å².